The third-order valence-corrected chi connectivity index (χ3v) is 4.04. The number of hydrogen-bond acceptors (Lipinski definition) is 3. The summed E-state index contributed by atoms with van der Waals surface area (Å²) in [4.78, 5) is 16.4. The largest absolute Gasteiger partial charge is 0.488 e. The SMILES string of the molecule is O=C(NCc1ccncc1)c1ccccc1OCc1ccccc1Cl. The smallest absolute Gasteiger partial charge is 0.255 e. The molecular formula is C20H17ClN2O2. The minimum Gasteiger partial charge on any atom is -0.488 e. The first-order valence-electron chi connectivity index (χ1n) is 7.86. The Hall–Kier alpha value is -2.85. The van der Waals surface area contributed by atoms with Gasteiger partial charge in [-0.2, -0.15) is 0 Å². The van der Waals surface area contributed by atoms with Gasteiger partial charge in [0.15, 0.2) is 0 Å². The van der Waals surface area contributed by atoms with Crippen LogP contribution in [0.2, 0.25) is 5.02 Å². The molecular weight excluding hydrogens is 336 g/mol. The molecule has 25 heavy (non-hydrogen) atoms. The van der Waals surface area contributed by atoms with Crippen molar-refractivity contribution < 1.29 is 9.53 Å². The Labute approximate surface area is 151 Å². The second kappa shape index (κ2) is 8.31. The van der Waals surface area contributed by atoms with Crippen LogP contribution in [0.3, 0.4) is 0 Å². The third kappa shape index (κ3) is 4.58. The lowest BCUT2D eigenvalue weighted by Gasteiger charge is -2.12. The number of ether oxygens (including phenoxy) is 1. The summed E-state index contributed by atoms with van der Waals surface area (Å²) in [6.07, 6.45) is 3.39. The zero-order chi connectivity index (χ0) is 17.5. The number of rotatable bonds is 6. The molecule has 0 saturated heterocycles. The maximum atomic E-state index is 12.5. The van der Waals surface area contributed by atoms with Crippen molar-refractivity contribution in [3.63, 3.8) is 0 Å². The van der Waals surface area contributed by atoms with Gasteiger partial charge in [-0.1, -0.05) is 41.9 Å². The molecule has 1 amide bonds. The van der Waals surface area contributed by atoms with Gasteiger partial charge >= 0.3 is 0 Å². The van der Waals surface area contributed by atoms with Gasteiger partial charge in [0.1, 0.15) is 12.4 Å². The highest BCUT2D eigenvalue weighted by molar-refractivity contribution is 6.31. The van der Waals surface area contributed by atoms with Crippen LogP contribution in [0.4, 0.5) is 0 Å². The Balaban J connectivity index is 1.68. The van der Waals surface area contributed by atoms with E-state index in [0.29, 0.717) is 29.5 Å². The molecule has 3 rings (SSSR count). The van der Waals surface area contributed by atoms with Gasteiger partial charge in [0.05, 0.1) is 5.56 Å². The topological polar surface area (TPSA) is 51.2 Å². The molecule has 0 fully saturated rings. The van der Waals surface area contributed by atoms with Crippen LogP contribution in [0.5, 0.6) is 5.75 Å². The van der Waals surface area contributed by atoms with Crippen LogP contribution in [0.15, 0.2) is 73.1 Å². The van der Waals surface area contributed by atoms with E-state index < -0.39 is 0 Å². The van der Waals surface area contributed by atoms with Gasteiger partial charge in [0.2, 0.25) is 0 Å². The molecule has 3 aromatic rings. The Bertz CT molecular complexity index is 853. The fourth-order valence-electron chi connectivity index (χ4n) is 2.33. The van der Waals surface area contributed by atoms with Crippen LogP contribution in [0.1, 0.15) is 21.5 Å². The average Bonchev–Trinajstić information content (AvgIpc) is 2.66. The Morgan fingerprint density at radius 1 is 1.00 bits per heavy atom. The van der Waals surface area contributed by atoms with Crippen molar-refractivity contribution in [2.45, 2.75) is 13.2 Å². The average molecular weight is 353 g/mol. The van der Waals surface area contributed by atoms with E-state index in [-0.39, 0.29) is 5.91 Å². The number of halogens is 1. The molecule has 0 atom stereocenters. The van der Waals surface area contributed by atoms with E-state index in [4.69, 9.17) is 16.3 Å². The van der Waals surface area contributed by atoms with Crippen molar-refractivity contribution in [1.29, 1.82) is 0 Å². The minimum atomic E-state index is -0.188. The van der Waals surface area contributed by atoms with Crippen molar-refractivity contribution in [2.24, 2.45) is 0 Å². The van der Waals surface area contributed by atoms with Crippen LogP contribution in [-0.2, 0) is 13.2 Å². The fraction of sp³-hybridized carbons (Fsp3) is 0.100. The van der Waals surface area contributed by atoms with Crippen molar-refractivity contribution in [1.82, 2.24) is 10.3 Å². The first-order chi connectivity index (χ1) is 12.2. The lowest BCUT2D eigenvalue weighted by atomic mass is 10.1. The number of para-hydroxylation sites is 1. The molecule has 0 radical (unpaired) electrons. The van der Waals surface area contributed by atoms with Crippen LogP contribution >= 0.6 is 11.6 Å². The number of amides is 1. The van der Waals surface area contributed by atoms with E-state index in [1.54, 1.807) is 24.5 Å². The number of nitrogens with one attached hydrogen (secondary N) is 1. The first-order valence-corrected chi connectivity index (χ1v) is 8.24. The summed E-state index contributed by atoms with van der Waals surface area (Å²) in [7, 11) is 0. The Morgan fingerprint density at radius 2 is 1.72 bits per heavy atom. The summed E-state index contributed by atoms with van der Waals surface area (Å²) >= 11 is 6.15. The molecule has 1 aromatic heterocycles. The number of carbonyl (C=O) groups is 1. The van der Waals surface area contributed by atoms with E-state index in [1.165, 1.54) is 0 Å². The normalized spacial score (nSPS) is 10.3. The molecule has 4 nitrogen and oxygen atoms in total. The van der Waals surface area contributed by atoms with E-state index in [2.05, 4.69) is 10.3 Å². The van der Waals surface area contributed by atoms with Gasteiger partial charge in [0.25, 0.3) is 5.91 Å². The molecule has 0 aliphatic carbocycles. The molecule has 0 bridgehead atoms. The number of benzene rings is 2. The lowest BCUT2D eigenvalue weighted by Crippen LogP contribution is -2.23. The van der Waals surface area contributed by atoms with Gasteiger partial charge in [-0.15, -0.1) is 0 Å². The van der Waals surface area contributed by atoms with Crippen LogP contribution in [-0.4, -0.2) is 10.9 Å². The molecule has 0 saturated carbocycles. The van der Waals surface area contributed by atoms with Crippen molar-refractivity contribution in [3.05, 3.63) is 94.8 Å². The highest BCUT2D eigenvalue weighted by Crippen LogP contribution is 2.22. The van der Waals surface area contributed by atoms with Crippen LogP contribution in [0.25, 0.3) is 0 Å². The van der Waals surface area contributed by atoms with Crippen molar-refractivity contribution in [3.8, 4) is 5.75 Å². The second-order valence-corrected chi connectivity index (χ2v) is 5.82. The summed E-state index contributed by atoms with van der Waals surface area (Å²) in [6.45, 7) is 0.731. The van der Waals surface area contributed by atoms with E-state index in [9.17, 15) is 4.79 Å². The molecule has 1 heterocycles. The summed E-state index contributed by atoms with van der Waals surface area (Å²) in [5.74, 6) is 0.334. The summed E-state index contributed by atoms with van der Waals surface area (Å²) in [6, 6.07) is 18.4. The molecule has 1 N–H and O–H groups in total. The summed E-state index contributed by atoms with van der Waals surface area (Å²) in [5, 5.41) is 3.53. The zero-order valence-corrected chi connectivity index (χ0v) is 14.2. The summed E-state index contributed by atoms with van der Waals surface area (Å²) < 4.78 is 5.82. The van der Waals surface area contributed by atoms with Crippen molar-refractivity contribution in [2.75, 3.05) is 0 Å². The zero-order valence-electron chi connectivity index (χ0n) is 13.5. The van der Waals surface area contributed by atoms with Gasteiger partial charge in [-0.05, 0) is 35.9 Å². The molecule has 0 aliphatic heterocycles. The third-order valence-electron chi connectivity index (χ3n) is 3.68. The number of nitrogens with zero attached hydrogens (tertiary/aromatic N) is 1. The predicted octanol–water partition coefficient (Wildman–Crippen LogP) is 4.24. The van der Waals surface area contributed by atoms with E-state index in [0.717, 1.165) is 11.1 Å². The molecule has 2 aromatic carbocycles. The standard InChI is InChI=1S/C20H17ClN2O2/c21-18-7-3-1-5-16(18)14-25-19-8-4-2-6-17(19)20(24)23-13-15-9-11-22-12-10-15/h1-12H,13-14H2,(H,23,24). The second-order valence-electron chi connectivity index (χ2n) is 5.41. The number of aromatic nitrogens is 1. The Kier molecular flexibility index (Phi) is 5.65. The van der Waals surface area contributed by atoms with Crippen LogP contribution < -0.4 is 10.1 Å². The maximum Gasteiger partial charge on any atom is 0.255 e. The van der Waals surface area contributed by atoms with Gasteiger partial charge in [-0.3, -0.25) is 9.78 Å². The number of carbonyl (C=O) groups excluding carboxylic acids is 1. The molecule has 0 unspecified atom stereocenters. The molecule has 0 aliphatic rings. The quantitative estimate of drug-likeness (QED) is 0.721. The maximum absolute atomic E-state index is 12.5. The first kappa shape index (κ1) is 17.0. The Morgan fingerprint density at radius 3 is 2.52 bits per heavy atom. The highest BCUT2D eigenvalue weighted by atomic mass is 35.5. The molecule has 5 heteroatoms. The number of hydrogen-bond donors (Lipinski definition) is 1. The fourth-order valence-corrected chi connectivity index (χ4v) is 2.52. The lowest BCUT2D eigenvalue weighted by molar-refractivity contribution is 0.0946. The van der Waals surface area contributed by atoms with Gasteiger partial charge < -0.3 is 10.1 Å². The monoisotopic (exact) mass is 352 g/mol. The van der Waals surface area contributed by atoms with Gasteiger partial charge in [0, 0.05) is 29.5 Å². The molecule has 126 valence electrons. The summed E-state index contributed by atoms with van der Waals surface area (Å²) in [5.41, 5.74) is 2.34. The highest BCUT2D eigenvalue weighted by Gasteiger charge is 2.12. The van der Waals surface area contributed by atoms with E-state index >= 15 is 0 Å². The predicted molar refractivity (Wildman–Crippen MR) is 97.6 cm³/mol. The minimum absolute atomic E-state index is 0.188. The van der Waals surface area contributed by atoms with E-state index in [1.807, 2.05) is 48.5 Å². The number of pyridine rings is 1. The molecule has 0 spiro atoms. The van der Waals surface area contributed by atoms with Crippen LogP contribution in [0, 0.1) is 0 Å². The van der Waals surface area contributed by atoms with Crippen molar-refractivity contribution >= 4 is 17.5 Å². The van der Waals surface area contributed by atoms with Gasteiger partial charge in [-0.25, -0.2) is 0 Å².